The Hall–Kier alpha value is -0.980. The molecule has 12 heavy (non-hydrogen) atoms. The molecule has 0 saturated heterocycles. The molecule has 1 unspecified atom stereocenters. The zero-order chi connectivity index (χ0) is 8.60. The largest absolute Gasteiger partial charge is 0.490 e. The average molecular weight is 162 g/mol. The van der Waals surface area contributed by atoms with E-state index < -0.39 is 0 Å². The molecule has 0 aliphatic heterocycles. The Morgan fingerprint density at radius 1 is 1.25 bits per heavy atom. The van der Waals surface area contributed by atoms with Gasteiger partial charge in [0.1, 0.15) is 11.9 Å². The van der Waals surface area contributed by atoms with E-state index in [1.165, 1.54) is 6.42 Å². The highest BCUT2D eigenvalue weighted by atomic mass is 16.5. The van der Waals surface area contributed by atoms with Crippen LogP contribution in [0.2, 0.25) is 0 Å². The molecule has 1 aromatic carbocycles. The number of ether oxygens (including phenoxy) is 1. The molecule has 0 bridgehead atoms. The van der Waals surface area contributed by atoms with Crippen LogP contribution in [0.25, 0.3) is 0 Å². The van der Waals surface area contributed by atoms with Gasteiger partial charge >= 0.3 is 0 Å². The van der Waals surface area contributed by atoms with Crippen molar-refractivity contribution in [2.75, 3.05) is 0 Å². The van der Waals surface area contributed by atoms with Crippen molar-refractivity contribution in [2.24, 2.45) is 5.41 Å². The molecule has 1 atom stereocenters. The third-order valence-corrected chi connectivity index (χ3v) is 2.44. The van der Waals surface area contributed by atoms with Gasteiger partial charge in [-0.15, -0.1) is 0 Å². The summed E-state index contributed by atoms with van der Waals surface area (Å²) in [4.78, 5) is 0. The van der Waals surface area contributed by atoms with Crippen LogP contribution in [0.5, 0.6) is 5.75 Å². The maximum absolute atomic E-state index is 5.74. The van der Waals surface area contributed by atoms with E-state index in [2.05, 4.69) is 13.8 Å². The van der Waals surface area contributed by atoms with E-state index in [4.69, 9.17) is 4.74 Å². The highest BCUT2D eigenvalue weighted by Gasteiger charge is 2.48. The second-order valence-electron chi connectivity index (χ2n) is 4.11. The van der Waals surface area contributed by atoms with Crippen LogP contribution >= 0.6 is 0 Å². The van der Waals surface area contributed by atoms with Gasteiger partial charge in [0.25, 0.3) is 0 Å². The molecule has 1 aliphatic rings. The lowest BCUT2D eigenvalue weighted by Crippen LogP contribution is -2.04. The fourth-order valence-electron chi connectivity index (χ4n) is 1.28. The molecule has 0 heterocycles. The SMILES string of the molecule is CC1(C)CC1Oc1ccccc1. The van der Waals surface area contributed by atoms with E-state index in [-0.39, 0.29) is 0 Å². The van der Waals surface area contributed by atoms with Gasteiger partial charge < -0.3 is 4.74 Å². The third-order valence-electron chi connectivity index (χ3n) is 2.44. The quantitative estimate of drug-likeness (QED) is 0.649. The molecular formula is C11H14O. The second-order valence-corrected chi connectivity index (χ2v) is 4.11. The van der Waals surface area contributed by atoms with Gasteiger partial charge in [-0.2, -0.15) is 0 Å². The predicted octanol–water partition coefficient (Wildman–Crippen LogP) is 2.86. The van der Waals surface area contributed by atoms with Crippen molar-refractivity contribution in [3.05, 3.63) is 30.3 Å². The first-order valence-electron chi connectivity index (χ1n) is 4.40. The molecule has 1 aromatic rings. The van der Waals surface area contributed by atoms with Crippen LogP contribution in [0.1, 0.15) is 20.3 Å². The smallest absolute Gasteiger partial charge is 0.119 e. The molecule has 1 nitrogen and oxygen atoms in total. The number of rotatable bonds is 2. The molecular weight excluding hydrogens is 148 g/mol. The molecule has 0 radical (unpaired) electrons. The van der Waals surface area contributed by atoms with E-state index >= 15 is 0 Å². The summed E-state index contributed by atoms with van der Waals surface area (Å²) in [6, 6.07) is 10.0. The van der Waals surface area contributed by atoms with Gasteiger partial charge in [0.05, 0.1) is 0 Å². The summed E-state index contributed by atoms with van der Waals surface area (Å²) in [7, 11) is 0. The second kappa shape index (κ2) is 2.51. The molecule has 1 heteroatoms. The van der Waals surface area contributed by atoms with Crippen LogP contribution in [0.15, 0.2) is 30.3 Å². The van der Waals surface area contributed by atoms with Gasteiger partial charge in [-0.25, -0.2) is 0 Å². The number of hydrogen-bond acceptors (Lipinski definition) is 1. The summed E-state index contributed by atoms with van der Waals surface area (Å²) in [5.74, 6) is 0.994. The van der Waals surface area contributed by atoms with Crippen molar-refractivity contribution in [3.8, 4) is 5.75 Å². The average Bonchev–Trinajstić information content (AvgIpc) is 2.61. The summed E-state index contributed by atoms with van der Waals surface area (Å²) in [5.41, 5.74) is 0.399. The minimum absolute atomic E-state index is 0.399. The lowest BCUT2D eigenvalue weighted by atomic mass is 10.2. The van der Waals surface area contributed by atoms with Gasteiger partial charge in [-0.1, -0.05) is 32.0 Å². The Bertz CT molecular complexity index is 264. The molecule has 1 saturated carbocycles. The number of para-hydroxylation sites is 1. The third kappa shape index (κ3) is 1.45. The van der Waals surface area contributed by atoms with Gasteiger partial charge in [-0.05, 0) is 18.6 Å². The van der Waals surface area contributed by atoms with Crippen LogP contribution in [0, 0.1) is 5.41 Å². The highest BCUT2D eigenvalue weighted by molar-refractivity contribution is 5.22. The van der Waals surface area contributed by atoms with Gasteiger partial charge in [-0.3, -0.25) is 0 Å². The topological polar surface area (TPSA) is 9.23 Å². The van der Waals surface area contributed by atoms with Crippen molar-refractivity contribution in [1.29, 1.82) is 0 Å². The zero-order valence-corrected chi connectivity index (χ0v) is 7.58. The zero-order valence-electron chi connectivity index (χ0n) is 7.58. The lowest BCUT2D eigenvalue weighted by molar-refractivity contribution is 0.260. The van der Waals surface area contributed by atoms with Crippen LogP contribution in [-0.2, 0) is 0 Å². The maximum Gasteiger partial charge on any atom is 0.119 e. The van der Waals surface area contributed by atoms with Crippen LogP contribution in [-0.4, -0.2) is 6.10 Å². The van der Waals surface area contributed by atoms with Gasteiger partial charge in [0, 0.05) is 5.41 Å². The predicted molar refractivity (Wildman–Crippen MR) is 49.3 cm³/mol. The van der Waals surface area contributed by atoms with Gasteiger partial charge in [0.2, 0.25) is 0 Å². The summed E-state index contributed by atoms with van der Waals surface area (Å²) in [6.07, 6.45) is 1.61. The van der Waals surface area contributed by atoms with E-state index in [1.807, 2.05) is 30.3 Å². The molecule has 2 rings (SSSR count). The van der Waals surface area contributed by atoms with Crippen LogP contribution in [0.3, 0.4) is 0 Å². The summed E-state index contributed by atoms with van der Waals surface area (Å²) >= 11 is 0. The summed E-state index contributed by atoms with van der Waals surface area (Å²) < 4.78 is 5.74. The Morgan fingerprint density at radius 2 is 1.83 bits per heavy atom. The van der Waals surface area contributed by atoms with Crippen molar-refractivity contribution in [2.45, 2.75) is 26.4 Å². The standard InChI is InChI=1S/C11H14O/c1-11(2)8-10(11)12-9-6-4-3-5-7-9/h3-7,10H,8H2,1-2H3. The molecule has 0 amide bonds. The summed E-state index contributed by atoms with van der Waals surface area (Å²) in [5, 5.41) is 0. The number of benzene rings is 1. The van der Waals surface area contributed by atoms with Crippen molar-refractivity contribution in [1.82, 2.24) is 0 Å². The normalized spacial score (nSPS) is 25.0. The Labute approximate surface area is 73.4 Å². The first-order chi connectivity index (χ1) is 5.68. The van der Waals surface area contributed by atoms with Crippen LogP contribution in [0.4, 0.5) is 0 Å². The maximum atomic E-state index is 5.74. The lowest BCUT2D eigenvalue weighted by Gasteiger charge is -2.06. The van der Waals surface area contributed by atoms with E-state index in [1.54, 1.807) is 0 Å². The minimum Gasteiger partial charge on any atom is -0.490 e. The summed E-state index contributed by atoms with van der Waals surface area (Å²) in [6.45, 7) is 4.47. The molecule has 0 N–H and O–H groups in total. The van der Waals surface area contributed by atoms with E-state index in [9.17, 15) is 0 Å². The Balaban J connectivity index is 1.98. The monoisotopic (exact) mass is 162 g/mol. The molecule has 1 aliphatic carbocycles. The Morgan fingerprint density at radius 3 is 2.33 bits per heavy atom. The van der Waals surface area contributed by atoms with E-state index in [0.29, 0.717) is 11.5 Å². The van der Waals surface area contributed by atoms with Crippen molar-refractivity contribution in [3.63, 3.8) is 0 Å². The molecule has 0 aromatic heterocycles. The van der Waals surface area contributed by atoms with E-state index in [0.717, 1.165) is 5.75 Å². The first kappa shape index (κ1) is 7.66. The van der Waals surface area contributed by atoms with Crippen molar-refractivity contribution >= 4 is 0 Å². The van der Waals surface area contributed by atoms with Crippen molar-refractivity contribution < 1.29 is 4.74 Å². The number of hydrogen-bond donors (Lipinski definition) is 0. The highest BCUT2D eigenvalue weighted by Crippen LogP contribution is 2.47. The fraction of sp³-hybridized carbons (Fsp3) is 0.455. The minimum atomic E-state index is 0.399. The fourth-order valence-corrected chi connectivity index (χ4v) is 1.28. The van der Waals surface area contributed by atoms with Gasteiger partial charge in [0.15, 0.2) is 0 Å². The molecule has 64 valence electrons. The first-order valence-corrected chi connectivity index (χ1v) is 4.40. The Kier molecular flexibility index (Phi) is 1.60. The molecule has 1 fully saturated rings. The molecule has 0 spiro atoms. The van der Waals surface area contributed by atoms with Crippen LogP contribution < -0.4 is 4.74 Å².